The zero-order valence-corrected chi connectivity index (χ0v) is 12.9. The van der Waals surface area contributed by atoms with Crippen molar-refractivity contribution in [3.05, 3.63) is 23.8 Å². The fraction of sp³-hybridized carbons (Fsp3) is 0.625. The van der Waals surface area contributed by atoms with Crippen LogP contribution in [0.25, 0.3) is 0 Å². The molecule has 110 valence electrons. The van der Waals surface area contributed by atoms with Crippen molar-refractivity contribution in [1.82, 2.24) is 0 Å². The Balaban J connectivity index is 1.82. The third-order valence-electron chi connectivity index (χ3n) is 4.39. The van der Waals surface area contributed by atoms with Crippen LogP contribution in [0.4, 0.5) is 0 Å². The molecule has 0 bridgehead atoms. The van der Waals surface area contributed by atoms with Crippen molar-refractivity contribution in [2.75, 3.05) is 18.6 Å². The number of hydrogen-bond donors (Lipinski definition) is 1. The van der Waals surface area contributed by atoms with Crippen molar-refractivity contribution in [3.8, 4) is 11.5 Å². The molecule has 1 aromatic rings. The smallest absolute Gasteiger partial charge is 0.161 e. The highest BCUT2D eigenvalue weighted by atomic mass is 32.2. The molecule has 1 saturated carbocycles. The zero-order valence-electron chi connectivity index (χ0n) is 12.1. The first-order chi connectivity index (χ1) is 9.71. The second-order valence-corrected chi connectivity index (χ2v) is 6.93. The number of hydrogen-bond acceptors (Lipinski definition) is 4. The average Bonchev–Trinajstić information content (AvgIpc) is 2.43. The molecule has 1 saturated heterocycles. The van der Waals surface area contributed by atoms with Crippen LogP contribution in [0, 0.1) is 0 Å². The Morgan fingerprint density at radius 2 is 1.90 bits per heavy atom. The summed E-state index contributed by atoms with van der Waals surface area (Å²) >= 11 is 1.92. The third-order valence-corrected chi connectivity index (χ3v) is 5.60. The lowest BCUT2D eigenvalue weighted by molar-refractivity contribution is 0.227. The Kier molecular flexibility index (Phi) is 4.13. The topological polar surface area (TPSA) is 44.5 Å². The minimum Gasteiger partial charge on any atom is -0.493 e. The van der Waals surface area contributed by atoms with Crippen molar-refractivity contribution in [1.29, 1.82) is 0 Å². The van der Waals surface area contributed by atoms with E-state index in [4.69, 9.17) is 15.2 Å². The Morgan fingerprint density at radius 3 is 2.50 bits per heavy atom. The van der Waals surface area contributed by atoms with Gasteiger partial charge in [0.1, 0.15) is 6.10 Å². The summed E-state index contributed by atoms with van der Waals surface area (Å²) in [7, 11) is 1.70. The van der Waals surface area contributed by atoms with E-state index in [2.05, 4.69) is 12.1 Å². The minimum absolute atomic E-state index is 0.184. The van der Waals surface area contributed by atoms with Crippen LogP contribution in [0.1, 0.15) is 37.7 Å². The van der Waals surface area contributed by atoms with Crippen molar-refractivity contribution in [2.45, 2.75) is 43.7 Å². The molecule has 2 fully saturated rings. The maximum Gasteiger partial charge on any atom is 0.161 e. The van der Waals surface area contributed by atoms with Crippen LogP contribution in [0.15, 0.2) is 18.2 Å². The Labute approximate surface area is 125 Å². The van der Waals surface area contributed by atoms with Crippen LogP contribution < -0.4 is 15.2 Å². The molecule has 2 N–H and O–H groups in total. The maximum atomic E-state index is 6.59. The van der Waals surface area contributed by atoms with Crippen LogP contribution in [0.2, 0.25) is 0 Å². The van der Waals surface area contributed by atoms with Crippen molar-refractivity contribution in [3.63, 3.8) is 0 Å². The quantitative estimate of drug-likeness (QED) is 0.925. The Morgan fingerprint density at radius 1 is 1.15 bits per heavy atom. The molecule has 0 spiro atoms. The first kappa shape index (κ1) is 14.1. The van der Waals surface area contributed by atoms with Gasteiger partial charge < -0.3 is 15.2 Å². The molecule has 4 heteroatoms. The summed E-state index contributed by atoms with van der Waals surface area (Å²) in [6.45, 7) is 0. The van der Waals surface area contributed by atoms with Crippen molar-refractivity contribution in [2.24, 2.45) is 5.73 Å². The lowest BCUT2D eigenvalue weighted by Gasteiger charge is -2.34. The summed E-state index contributed by atoms with van der Waals surface area (Å²) in [5.41, 5.74) is 7.59. The third kappa shape index (κ3) is 2.77. The molecule has 3 rings (SSSR count). The van der Waals surface area contributed by atoms with Gasteiger partial charge in [0.25, 0.3) is 0 Å². The Hall–Kier alpha value is -0.870. The van der Waals surface area contributed by atoms with Gasteiger partial charge in [0.05, 0.1) is 7.11 Å². The van der Waals surface area contributed by atoms with Crippen LogP contribution in [-0.4, -0.2) is 24.7 Å². The van der Waals surface area contributed by atoms with E-state index in [0.29, 0.717) is 6.10 Å². The SMILES string of the molecule is COc1cc(C2(N)CCCCC2)ccc1OC1CSC1. The molecule has 3 nitrogen and oxygen atoms in total. The van der Waals surface area contributed by atoms with Crippen molar-refractivity contribution >= 4 is 11.8 Å². The summed E-state index contributed by atoms with van der Waals surface area (Å²) in [6, 6.07) is 6.22. The molecule has 1 heterocycles. The number of rotatable bonds is 4. The van der Waals surface area contributed by atoms with Gasteiger partial charge in [-0.25, -0.2) is 0 Å². The first-order valence-electron chi connectivity index (χ1n) is 7.43. The molecule has 1 aliphatic heterocycles. The van der Waals surface area contributed by atoms with Gasteiger partial charge in [-0.15, -0.1) is 0 Å². The standard InChI is InChI=1S/C16H23NO2S/c1-18-15-9-12(16(17)7-3-2-4-8-16)5-6-14(15)19-13-10-20-11-13/h5-6,9,13H,2-4,7-8,10-11,17H2,1H3. The second kappa shape index (κ2) is 5.86. The molecular formula is C16H23NO2S. The van der Waals surface area contributed by atoms with E-state index in [0.717, 1.165) is 35.8 Å². The van der Waals surface area contributed by atoms with Gasteiger partial charge in [0.2, 0.25) is 0 Å². The molecule has 0 atom stereocenters. The number of methoxy groups -OCH3 is 1. The highest BCUT2D eigenvalue weighted by Crippen LogP contribution is 2.39. The first-order valence-corrected chi connectivity index (χ1v) is 8.58. The normalized spacial score (nSPS) is 22.1. The highest BCUT2D eigenvalue weighted by Gasteiger charge is 2.30. The van der Waals surface area contributed by atoms with Gasteiger partial charge in [0, 0.05) is 17.0 Å². The van der Waals surface area contributed by atoms with Gasteiger partial charge in [0.15, 0.2) is 11.5 Å². The predicted molar refractivity (Wildman–Crippen MR) is 83.7 cm³/mol. The lowest BCUT2D eigenvalue weighted by Crippen LogP contribution is -2.38. The monoisotopic (exact) mass is 293 g/mol. The maximum absolute atomic E-state index is 6.59. The van der Waals surface area contributed by atoms with E-state index in [1.54, 1.807) is 7.11 Å². The zero-order chi connectivity index (χ0) is 14.0. The van der Waals surface area contributed by atoms with E-state index in [-0.39, 0.29) is 5.54 Å². The molecule has 0 unspecified atom stereocenters. The van der Waals surface area contributed by atoms with Gasteiger partial charge in [-0.3, -0.25) is 0 Å². The molecule has 1 aliphatic carbocycles. The van der Waals surface area contributed by atoms with Crippen LogP contribution >= 0.6 is 11.8 Å². The van der Waals surface area contributed by atoms with Gasteiger partial charge >= 0.3 is 0 Å². The minimum atomic E-state index is -0.184. The number of nitrogens with two attached hydrogens (primary N) is 1. The number of benzene rings is 1. The van der Waals surface area contributed by atoms with Crippen LogP contribution in [0.3, 0.4) is 0 Å². The highest BCUT2D eigenvalue weighted by molar-refractivity contribution is 8.00. The molecule has 0 radical (unpaired) electrons. The number of thioether (sulfide) groups is 1. The van der Waals surface area contributed by atoms with E-state index in [1.165, 1.54) is 24.8 Å². The molecular weight excluding hydrogens is 270 g/mol. The summed E-state index contributed by atoms with van der Waals surface area (Å²) in [5, 5.41) is 0. The number of ether oxygens (including phenoxy) is 2. The largest absolute Gasteiger partial charge is 0.493 e. The van der Waals surface area contributed by atoms with Crippen LogP contribution in [-0.2, 0) is 5.54 Å². The van der Waals surface area contributed by atoms with Crippen molar-refractivity contribution < 1.29 is 9.47 Å². The molecule has 2 aliphatic rings. The lowest BCUT2D eigenvalue weighted by atomic mass is 9.77. The van der Waals surface area contributed by atoms with Gasteiger partial charge in [-0.05, 0) is 30.5 Å². The fourth-order valence-corrected chi connectivity index (χ4v) is 3.57. The molecule has 1 aromatic carbocycles. The predicted octanol–water partition coefficient (Wildman–Crippen LogP) is 3.31. The summed E-state index contributed by atoms with van der Waals surface area (Å²) in [6.07, 6.45) is 6.20. The van der Waals surface area contributed by atoms with Gasteiger partial charge in [-0.2, -0.15) is 11.8 Å². The average molecular weight is 293 g/mol. The van der Waals surface area contributed by atoms with Gasteiger partial charge in [-0.1, -0.05) is 25.3 Å². The summed E-state index contributed by atoms with van der Waals surface area (Å²) in [4.78, 5) is 0. The molecule has 0 amide bonds. The van der Waals surface area contributed by atoms with Crippen LogP contribution in [0.5, 0.6) is 11.5 Å². The summed E-state index contributed by atoms with van der Waals surface area (Å²) < 4.78 is 11.5. The Bertz CT molecular complexity index is 468. The van der Waals surface area contributed by atoms with E-state index >= 15 is 0 Å². The molecule has 0 aromatic heterocycles. The van der Waals surface area contributed by atoms with E-state index < -0.39 is 0 Å². The summed E-state index contributed by atoms with van der Waals surface area (Å²) in [5.74, 6) is 3.81. The second-order valence-electron chi connectivity index (χ2n) is 5.86. The van der Waals surface area contributed by atoms with E-state index in [1.807, 2.05) is 17.8 Å². The van der Waals surface area contributed by atoms with E-state index in [9.17, 15) is 0 Å². The fourth-order valence-electron chi connectivity index (χ4n) is 3.01. The molecule has 20 heavy (non-hydrogen) atoms.